The van der Waals surface area contributed by atoms with Crippen molar-refractivity contribution in [2.24, 2.45) is 7.05 Å². The third kappa shape index (κ3) is 3.03. The van der Waals surface area contributed by atoms with Crippen LogP contribution in [0.4, 0.5) is 4.39 Å². The first-order chi connectivity index (χ1) is 15.5. The number of hydrogen-bond donors (Lipinski definition) is 1. The zero-order valence-corrected chi connectivity index (χ0v) is 18.5. The topological polar surface area (TPSA) is 66.8 Å². The molecule has 0 aliphatic carbocycles. The number of nitrogens with zero attached hydrogens (tertiary/aromatic N) is 4. The minimum atomic E-state index is -0.525. The smallest absolute Gasteiger partial charge is 0.259 e. The molecule has 164 valence electrons. The number of halogens is 1. The zero-order chi connectivity index (χ0) is 22.4. The van der Waals surface area contributed by atoms with Gasteiger partial charge in [0, 0.05) is 36.6 Å². The van der Waals surface area contributed by atoms with Crippen molar-refractivity contribution >= 4 is 16.9 Å². The summed E-state index contributed by atoms with van der Waals surface area (Å²) in [6, 6.07) is 11.6. The number of H-pyrrole nitrogens is 1. The molecule has 32 heavy (non-hydrogen) atoms. The van der Waals surface area contributed by atoms with Crippen LogP contribution in [0.25, 0.3) is 22.3 Å². The van der Waals surface area contributed by atoms with E-state index >= 15 is 4.39 Å². The van der Waals surface area contributed by atoms with Crippen LogP contribution < -0.4 is 0 Å². The van der Waals surface area contributed by atoms with Crippen molar-refractivity contribution in [3.8, 4) is 11.3 Å². The minimum absolute atomic E-state index is 0.0108. The second-order valence-electron chi connectivity index (χ2n) is 8.33. The first kappa shape index (κ1) is 20.4. The van der Waals surface area contributed by atoms with Gasteiger partial charge in [-0.1, -0.05) is 44.2 Å². The molecule has 0 bridgehead atoms. The fourth-order valence-corrected chi connectivity index (χ4v) is 5.04. The number of hydrogen-bond acceptors (Lipinski definition) is 3. The lowest BCUT2D eigenvalue weighted by Crippen LogP contribution is -2.47. The van der Waals surface area contributed by atoms with Gasteiger partial charge in [0.15, 0.2) is 0 Å². The molecule has 2 atom stereocenters. The number of aromatic amines is 1. The second-order valence-corrected chi connectivity index (χ2v) is 8.33. The molecule has 1 aliphatic rings. The summed E-state index contributed by atoms with van der Waals surface area (Å²) in [4.78, 5) is 22.7. The van der Waals surface area contributed by atoms with Gasteiger partial charge in [0.25, 0.3) is 5.91 Å². The fourth-order valence-electron chi connectivity index (χ4n) is 5.04. The molecule has 1 N–H and O–H groups in total. The quantitative estimate of drug-likeness (QED) is 0.493. The molecular formula is C25H26FN5O. The van der Waals surface area contributed by atoms with Crippen LogP contribution in [0.5, 0.6) is 0 Å². The van der Waals surface area contributed by atoms with E-state index in [4.69, 9.17) is 5.10 Å². The minimum Gasteiger partial charge on any atom is -0.346 e. The van der Waals surface area contributed by atoms with Crippen molar-refractivity contribution in [1.29, 1.82) is 0 Å². The van der Waals surface area contributed by atoms with Crippen molar-refractivity contribution in [2.45, 2.75) is 45.2 Å². The molecule has 2 unspecified atom stereocenters. The Labute approximate surface area is 186 Å². The van der Waals surface area contributed by atoms with Gasteiger partial charge in [-0.2, -0.15) is 5.10 Å². The van der Waals surface area contributed by atoms with Crippen LogP contribution in [-0.4, -0.2) is 36.6 Å². The molecule has 0 radical (unpaired) electrons. The molecule has 0 saturated carbocycles. The summed E-state index contributed by atoms with van der Waals surface area (Å²) in [7, 11) is 1.95. The van der Waals surface area contributed by atoms with E-state index in [1.165, 1.54) is 11.8 Å². The van der Waals surface area contributed by atoms with Gasteiger partial charge < -0.3 is 9.88 Å². The Bertz CT molecular complexity index is 1290. The maximum absolute atomic E-state index is 15.2. The second kappa shape index (κ2) is 7.89. The Morgan fingerprint density at radius 2 is 1.97 bits per heavy atom. The van der Waals surface area contributed by atoms with E-state index in [0.29, 0.717) is 23.9 Å². The van der Waals surface area contributed by atoms with Crippen LogP contribution in [0.2, 0.25) is 0 Å². The Morgan fingerprint density at radius 1 is 1.19 bits per heavy atom. The van der Waals surface area contributed by atoms with Crippen LogP contribution in [0.15, 0.2) is 48.8 Å². The van der Waals surface area contributed by atoms with Gasteiger partial charge >= 0.3 is 0 Å². The number of nitrogens with one attached hydrogen (secondary N) is 1. The Morgan fingerprint density at radius 3 is 2.69 bits per heavy atom. The van der Waals surface area contributed by atoms with Gasteiger partial charge in [0.05, 0.1) is 28.4 Å². The number of pyridine rings is 1. The molecule has 1 amide bonds. The van der Waals surface area contributed by atoms with Gasteiger partial charge in [-0.15, -0.1) is 0 Å². The largest absolute Gasteiger partial charge is 0.346 e. The highest BCUT2D eigenvalue weighted by Gasteiger charge is 2.40. The number of carbonyl (C=O) groups excluding carboxylic acids is 1. The first-order valence-electron chi connectivity index (χ1n) is 11.1. The molecule has 4 aromatic rings. The maximum Gasteiger partial charge on any atom is 0.259 e. The van der Waals surface area contributed by atoms with Crippen molar-refractivity contribution in [1.82, 2.24) is 24.6 Å². The summed E-state index contributed by atoms with van der Waals surface area (Å²) in [5.41, 5.74) is 4.74. The summed E-state index contributed by atoms with van der Waals surface area (Å²) in [6.45, 7) is 4.12. The van der Waals surface area contributed by atoms with Crippen molar-refractivity contribution in [2.75, 3.05) is 0 Å². The molecule has 0 spiro atoms. The van der Waals surface area contributed by atoms with Crippen molar-refractivity contribution in [3.63, 3.8) is 0 Å². The van der Waals surface area contributed by atoms with Gasteiger partial charge in [0.1, 0.15) is 11.5 Å². The van der Waals surface area contributed by atoms with Gasteiger partial charge in [0.2, 0.25) is 0 Å². The van der Waals surface area contributed by atoms with Crippen molar-refractivity contribution in [3.05, 3.63) is 71.4 Å². The summed E-state index contributed by atoms with van der Waals surface area (Å²) >= 11 is 0. The molecule has 5 rings (SSSR count). The van der Waals surface area contributed by atoms with Crippen LogP contribution in [-0.2, 0) is 13.5 Å². The summed E-state index contributed by atoms with van der Waals surface area (Å²) in [5.74, 6) is -0.850. The Balaban J connectivity index is 1.62. The molecule has 3 aromatic heterocycles. The van der Waals surface area contributed by atoms with Gasteiger partial charge in [-0.25, -0.2) is 9.37 Å². The predicted molar refractivity (Wildman–Crippen MR) is 122 cm³/mol. The van der Waals surface area contributed by atoms with E-state index in [1.54, 1.807) is 12.3 Å². The standard InChI is InChI=1S/C25H26FN5O/c1-4-16-13-18-22(29-30(3)23(18)15-9-7-6-8-10-15)20(5-2)31(16)25(32)19-14-28-24-17(21(19)26)11-12-27-24/h6-12,14,16,20H,4-5,13H2,1-3H3,(H,27,28). The third-order valence-electron chi connectivity index (χ3n) is 6.55. The first-order valence-corrected chi connectivity index (χ1v) is 11.1. The van der Waals surface area contributed by atoms with E-state index in [9.17, 15) is 4.79 Å². The van der Waals surface area contributed by atoms with Gasteiger partial charge in [-0.05, 0) is 25.3 Å². The molecule has 1 aromatic carbocycles. The van der Waals surface area contributed by atoms with Crippen LogP contribution in [0.3, 0.4) is 0 Å². The molecular weight excluding hydrogens is 405 g/mol. The van der Waals surface area contributed by atoms with Crippen LogP contribution >= 0.6 is 0 Å². The van der Waals surface area contributed by atoms with Crippen LogP contribution in [0.1, 0.15) is 54.3 Å². The number of aryl methyl sites for hydroxylation is 1. The SMILES string of the molecule is CCC1Cc2c(nn(C)c2-c2ccccc2)C(CC)N1C(=O)c1cnc2[nH]ccc2c1F. The summed E-state index contributed by atoms with van der Waals surface area (Å²) < 4.78 is 17.1. The summed E-state index contributed by atoms with van der Waals surface area (Å²) in [5, 5.41) is 5.18. The molecule has 0 saturated heterocycles. The lowest BCUT2D eigenvalue weighted by atomic mass is 9.87. The third-order valence-corrected chi connectivity index (χ3v) is 6.55. The monoisotopic (exact) mass is 431 g/mol. The van der Waals surface area contributed by atoms with Gasteiger partial charge in [-0.3, -0.25) is 9.48 Å². The van der Waals surface area contributed by atoms with Crippen LogP contribution in [0, 0.1) is 5.82 Å². The fraction of sp³-hybridized carbons (Fsp3) is 0.320. The number of carbonyl (C=O) groups is 1. The number of benzene rings is 1. The average Bonchev–Trinajstić information content (AvgIpc) is 3.42. The Kier molecular flexibility index (Phi) is 5.04. The Hall–Kier alpha value is -3.48. The highest BCUT2D eigenvalue weighted by molar-refractivity contribution is 5.98. The molecule has 1 aliphatic heterocycles. The number of rotatable bonds is 4. The predicted octanol–water partition coefficient (Wildman–Crippen LogP) is 5.03. The number of fused-ring (bicyclic) bond motifs is 2. The normalized spacial score (nSPS) is 18.2. The van der Waals surface area contributed by atoms with E-state index in [1.807, 2.05) is 41.8 Å². The van der Waals surface area contributed by atoms with Crippen molar-refractivity contribution < 1.29 is 9.18 Å². The highest BCUT2D eigenvalue weighted by atomic mass is 19.1. The molecule has 4 heterocycles. The van der Waals surface area contributed by atoms with E-state index < -0.39 is 5.82 Å². The maximum atomic E-state index is 15.2. The highest BCUT2D eigenvalue weighted by Crippen LogP contribution is 2.41. The summed E-state index contributed by atoms with van der Waals surface area (Å²) in [6.07, 6.45) is 5.13. The zero-order valence-electron chi connectivity index (χ0n) is 18.5. The van der Waals surface area contributed by atoms with E-state index in [2.05, 4.69) is 29.0 Å². The van der Waals surface area contributed by atoms with E-state index in [0.717, 1.165) is 23.4 Å². The lowest BCUT2D eigenvalue weighted by Gasteiger charge is -2.41. The number of amides is 1. The average molecular weight is 432 g/mol. The molecule has 0 fully saturated rings. The molecule has 6 nitrogen and oxygen atoms in total. The molecule has 7 heteroatoms. The number of aromatic nitrogens is 4. The van der Waals surface area contributed by atoms with E-state index in [-0.39, 0.29) is 23.6 Å². The lowest BCUT2D eigenvalue weighted by molar-refractivity contribution is 0.0508.